The van der Waals surface area contributed by atoms with Crippen LogP contribution in [0, 0.1) is 0 Å². The number of ether oxygens (including phenoxy) is 1. The van der Waals surface area contributed by atoms with Gasteiger partial charge in [0.05, 0.1) is 12.7 Å². The molecule has 1 unspecified atom stereocenters. The minimum absolute atomic E-state index is 0.363. The molecular weight excluding hydrogens is 242 g/mol. The first-order chi connectivity index (χ1) is 6.74. The van der Waals surface area contributed by atoms with Crippen molar-refractivity contribution in [1.29, 1.82) is 0 Å². The zero-order valence-corrected chi connectivity index (χ0v) is 10.9. The van der Waals surface area contributed by atoms with Crippen molar-refractivity contribution in [2.45, 2.75) is 45.3 Å². The molecular formula is C11H22BrNO. The Morgan fingerprint density at radius 2 is 2.21 bits per heavy atom. The molecule has 0 spiro atoms. The van der Waals surface area contributed by atoms with Gasteiger partial charge in [-0.05, 0) is 33.2 Å². The van der Waals surface area contributed by atoms with Crippen molar-refractivity contribution >= 4 is 15.9 Å². The minimum atomic E-state index is 0.363. The number of alkyl halides is 1. The van der Waals surface area contributed by atoms with Crippen molar-refractivity contribution in [3.8, 4) is 0 Å². The van der Waals surface area contributed by atoms with Crippen LogP contribution >= 0.6 is 15.9 Å². The van der Waals surface area contributed by atoms with Crippen LogP contribution in [0.15, 0.2) is 0 Å². The standard InChI is InChI=1S/C11H22BrNO/c1-10(2)14-8-7-13-6-4-3-5-11(13)9-12/h10-11H,3-9H2,1-2H3. The van der Waals surface area contributed by atoms with Gasteiger partial charge in [-0.3, -0.25) is 4.90 Å². The number of nitrogens with zero attached hydrogens (tertiary/aromatic N) is 1. The summed E-state index contributed by atoms with van der Waals surface area (Å²) in [6.45, 7) is 7.41. The largest absolute Gasteiger partial charge is 0.377 e. The lowest BCUT2D eigenvalue weighted by molar-refractivity contribution is 0.0440. The fraction of sp³-hybridized carbons (Fsp3) is 1.00. The van der Waals surface area contributed by atoms with Crippen LogP contribution in [0.2, 0.25) is 0 Å². The van der Waals surface area contributed by atoms with Crippen LogP contribution in [0.3, 0.4) is 0 Å². The maximum atomic E-state index is 5.58. The van der Waals surface area contributed by atoms with Gasteiger partial charge in [-0.1, -0.05) is 22.4 Å². The monoisotopic (exact) mass is 263 g/mol. The Morgan fingerprint density at radius 1 is 1.43 bits per heavy atom. The molecule has 1 fully saturated rings. The van der Waals surface area contributed by atoms with E-state index in [4.69, 9.17) is 4.74 Å². The molecule has 1 aliphatic heterocycles. The number of rotatable bonds is 5. The third-order valence-corrected chi connectivity index (χ3v) is 3.50. The predicted molar refractivity (Wildman–Crippen MR) is 64.1 cm³/mol. The lowest BCUT2D eigenvalue weighted by Gasteiger charge is -2.34. The number of piperidine rings is 1. The van der Waals surface area contributed by atoms with Crippen molar-refractivity contribution in [1.82, 2.24) is 4.90 Å². The number of halogens is 1. The van der Waals surface area contributed by atoms with E-state index in [1.165, 1.54) is 25.8 Å². The Hall–Kier alpha value is 0.400. The van der Waals surface area contributed by atoms with E-state index in [2.05, 4.69) is 34.7 Å². The van der Waals surface area contributed by atoms with Crippen LogP contribution in [0.5, 0.6) is 0 Å². The van der Waals surface area contributed by atoms with Crippen LogP contribution in [0.25, 0.3) is 0 Å². The van der Waals surface area contributed by atoms with Crippen LogP contribution in [0.1, 0.15) is 33.1 Å². The molecule has 0 aromatic heterocycles. The van der Waals surface area contributed by atoms with E-state index < -0.39 is 0 Å². The van der Waals surface area contributed by atoms with Gasteiger partial charge in [0.15, 0.2) is 0 Å². The highest BCUT2D eigenvalue weighted by Gasteiger charge is 2.20. The fourth-order valence-corrected chi connectivity index (χ4v) is 2.67. The Kier molecular flexibility index (Phi) is 6.06. The lowest BCUT2D eigenvalue weighted by atomic mass is 10.0. The third-order valence-electron chi connectivity index (χ3n) is 2.76. The Bertz CT molecular complexity index is 152. The molecule has 1 aliphatic rings. The first-order valence-electron chi connectivity index (χ1n) is 5.65. The second-order valence-electron chi connectivity index (χ2n) is 4.26. The molecule has 84 valence electrons. The van der Waals surface area contributed by atoms with Gasteiger partial charge in [0.2, 0.25) is 0 Å². The number of hydrogen-bond donors (Lipinski definition) is 0. The number of likely N-dealkylation sites (tertiary alicyclic amines) is 1. The number of hydrogen-bond acceptors (Lipinski definition) is 2. The van der Waals surface area contributed by atoms with Crippen molar-refractivity contribution in [3.63, 3.8) is 0 Å². The van der Waals surface area contributed by atoms with Crippen LogP contribution in [0.4, 0.5) is 0 Å². The topological polar surface area (TPSA) is 12.5 Å². The van der Waals surface area contributed by atoms with Crippen molar-refractivity contribution in [2.75, 3.05) is 25.0 Å². The molecule has 0 radical (unpaired) electrons. The predicted octanol–water partition coefficient (Wildman–Crippen LogP) is 2.66. The summed E-state index contributed by atoms with van der Waals surface area (Å²) in [6.07, 6.45) is 4.44. The van der Waals surface area contributed by atoms with Gasteiger partial charge < -0.3 is 4.74 Å². The van der Waals surface area contributed by atoms with Gasteiger partial charge in [0, 0.05) is 17.9 Å². The van der Waals surface area contributed by atoms with E-state index in [0.717, 1.165) is 24.5 Å². The Morgan fingerprint density at radius 3 is 2.86 bits per heavy atom. The highest BCUT2D eigenvalue weighted by atomic mass is 79.9. The summed E-state index contributed by atoms with van der Waals surface area (Å²) in [6, 6.07) is 0.736. The second kappa shape index (κ2) is 6.81. The zero-order valence-electron chi connectivity index (χ0n) is 9.34. The molecule has 2 nitrogen and oxygen atoms in total. The average molecular weight is 264 g/mol. The van der Waals surface area contributed by atoms with Crippen molar-refractivity contribution in [3.05, 3.63) is 0 Å². The maximum Gasteiger partial charge on any atom is 0.0597 e. The van der Waals surface area contributed by atoms with E-state index >= 15 is 0 Å². The van der Waals surface area contributed by atoms with Gasteiger partial charge in [0.1, 0.15) is 0 Å². The molecule has 0 amide bonds. The summed E-state index contributed by atoms with van der Waals surface area (Å²) in [5.74, 6) is 0. The molecule has 0 N–H and O–H groups in total. The van der Waals surface area contributed by atoms with Crippen LogP contribution in [-0.4, -0.2) is 42.1 Å². The van der Waals surface area contributed by atoms with E-state index in [1.54, 1.807) is 0 Å². The fourth-order valence-electron chi connectivity index (χ4n) is 1.93. The third kappa shape index (κ3) is 4.28. The van der Waals surface area contributed by atoms with E-state index in [0.29, 0.717) is 6.10 Å². The summed E-state index contributed by atoms with van der Waals surface area (Å²) in [5.41, 5.74) is 0. The summed E-state index contributed by atoms with van der Waals surface area (Å²) in [5, 5.41) is 1.11. The first-order valence-corrected chi connectivity index (χ1v) is 6.77. The highest BCUT2D eigenvalue weighted by Crippen LogP contribution is 2.18. The van der Waals surface area contributed by atoms with E-state index in [-0.39, 0.29) is 0 Å². The van der Waals surface area contributed by atoms with Gasteiger partial charge >= 0.3 is 0 Å². The molecule has 1 saturated heterocycles. The summed E-state index contributed by atoms with van der Waals surface area (Å²) in [7, 11) is 0. The molecule has 0 aliphatic carbocycles. The van der Waals surface area contributed by atoms with E-state index in [1.807, 2.05) is 0 Å². The summed E-state index contributed by atoms with van der Waals surface area (Å²) >= 11 is 3.59. The zero-order chi connectivity index (χ0) is 10.4. The first kappa shape index (κ1) is 12.5. The molecule has 0 aromatic carbocycles. The second-order valence-corrected chi connectivity index (χ2v) is 4.91. The van der Waals surface area contributed by atoms with E-state index in [9.17, 15) is 0 Å². The summed E-state index contributed by atoms with van der Waals surface area (Å²) in [4.78, 5) is 2.56. The molecule has 0 bridgehead atoms. The Labute approximate surface area is 96.1 Å². The lowest BCUT2D eigenvalue weighted by Crippen LogP contribution is -2.42. The van der Waals surface area contributed by atoms with Gasteiger partial charge in [-0.2, -0.15) is 0 Å². The average Bonchev–Trinajstić information content (AvgIpc) is 2.18. The molecule has 1 rings (SSSR count). The van der Waals surface area contributed by atoms with Crippen LogP contribution in [-0.2, 0) is 4.74 Å². The summed E-state index contributed by atoms with van der Waals surface area (Å²) < 4.78 is 5.58. The Balaban J connectivity index is 2.19. The molecule has 1 atom stereocenters. The smallest absolute Gasteiger partial charge is 0.0597 e. The quantitative estimate of drug-likeness (QED) is 0.708. The molecule has 0 aromatic rings. The van der Waals surface area contributed by atoms with Crippen molar-refractivity contribution < 1.29 is 4.74 Å². The molecule has 0 saturated carbocycles. The van der Waals surface area contributed by atoms with Gasteiger partial charge in [0.25, 0.3) is 0 Å². The van der Waals surface area contributed by atoms with Crippen molar-refractivity contribution in [2.24, 2.45) is 0 Å². The minimum Gasteiger partial charge on any atom is -0.377 e. The maximum absolute atomic E-state index is 5.58. The SMILES string of the molecule is CC(C)OCCN1CCCCC1CBr. The normalized spacial score (nSPS) is 24.4. The van der Waals surface area contributed by atoms with Gasteiger partial charge in [-0.25, -0.2) is 0 Å². The van der Waals surface area contributed by atoms with Gasteiger partial charge in [-0.15, -0.1) is 0 Å². The molecule has 14 heavy (non-hydrogen) atoms. The highest BCUT2D eigenvalue weighted by molar-refractivity contribution is 9.09. The van der Waals surface area contributed by atoms with Crippen LogP contribution < -0.4 is 0 Å². The molecule has 1 heterocycles. The molecule has 3 heteroatoms.